The third-order valence-electron chi connectivity index (χ3n) is 2.68. The smallest absolute Gasteiger partial charge is 0.255 e. The Morgan fingerprint density at radius 2 is 2.00 bits per heavy atom. The number of nitrogens with one attached hydrogen (secondary N) is 1. The van der Waals surface area contributed by atoms with E-state index in [0.29, 0.717) is 11.4 Å². The van der Waals surface area contributed by atoms with E-state index < -0.39 is 0 Å². The van der Waals surface area contributed by atoms with E-state index in [1.54, 1.807) is 19.1 Å². The summed E-state index contributed by atoms with van der Waals surface area (Å²) in [5.41, 5.74) is 8.64. The highest BCUT2D eigenvalue weighted by atomic mass is 79.9. The monoisotopic (exact) mass is 319 g/mol. The Kier molecular flexibility index (Phi) is 3.85. The second-order valence-electron chi connectivity index (χ2n) is 4.34. The first-order valence-electron chi connectivity index (χ1n) is 5.77. The molecule has 4 nitrogen and oxygen atoms in total. The highest BCUT2D eigenvalue weighted by molar-refractivity contribution is 9.10. The Bertz CT molecular complexity index is 620. The normalized spacial score (nSPS) is 10.3. The number of hydrogen-bond acceptors (Lipinski definition) is 3. The zero-order valence-corrected chi connectivity index (χ0v) is 12.3. The van der Waals surface area contributed by atoms with Gasteiger partial charge in [0.05, 0.1) is 0 Å². The number of rotatable bonds is 2. The Labute approximate surface area is 120 Å². The highest BCUT2D eigenvalue weighted by Crippen LogP contribution is 2.21. The minimum absolute atomic E-state index is 0.196. The van der Waals surface area contributed by atoms with Gasteiger partial charge < -0.3 is 11.1 Å². The van der Waals surface area contributed by atoms with E-state index in [9.17, 15) is 4.79 Å². The zero-order valence-electron chi connectivity index (χ0n) is 10.7. The van der Waals surface area contributed by atoms with Crippen LogP contribution in [0.3, 0.4) is 0 Å². The molecule has 2 aromatic rings. The second kappa shape index (κ2) is 5.40. The van der Waals surface area contributed by atoms with E-state index in [1.165, 1.54) is 0 Å². The van der Waals surface area contributed by atoms with Gasteiger partial charge in [0.25, 0.3) is 5.91 Å². The lowest BCUT2D eigenvalue weighted by molar-refractivity contribution is 0.102. The number of halogens is 1. The Hall–Kier alpha value is -1.88. The van der Waals surface area contributed by atoms with Crippen LogP contribution in [0.2, 0.25) is 0 Å². The van der Waals surface area contributed by atoms with Crippen LogP contribution in [0, 0.1) is 13.8 Å². The summed E-state index contributed by atoms with van der Waals surface area (Å²) in [6, 6.07) is 9.00. The van der Waals surface area contributed by atoms with Crippen molar-refractivity contribution < 1.29 is 4.79 Å². The van der Waals surface area contributed by atoms with Gasteiger partial charge in [0.15, 0.2) is 0 Å². The fourth-order valence-corrected chi connectivity index (χ4v) is 2.11. The minimum atomic E-state index is -0.196. The van der Waals surface area contributed by atoms with Crippen LogP contribution in [0.4, 0.5) is 11.5 Å². The summed E-state index contributed by atoms with van der Waals surface area (Å²) in [7, 11) is 0. The van der Waals surface area contributed by atoms with Gasteiger partial charge in [0, 0.05) is 21.4 Å². The summed E-state index contributed by atoms with van der Waals surface area (Å²) in [4.78, 5) is 16.2. The SMILES string of the molecule is Cc1cc(C(=O)Nc2cc(Br)ccc2C)cc(N)n1. The first kappa shape index (κ1) is 13.5. The fraction of sp³-hybridized carbons (Fsp3) is 0.143. The molecule has 0 aliphatic carbocycles. The van der Waals surface area contributed by atoms with Crippen LogP contribution in [0.25, 0.3) is 0 Å². The van der Waals surface area contributed by atoms with Crippen LogP contribution in [0.1, 0.15) is 21.6 Å². The molecule has 0 fully saturated rings. The van der Waals surface area contributed by atoms with Crippen molar-refractivity contribution in [2.75, 3.05) is 11.1 Å². The van der Waals surface area contributed by atoms with Crippen molar-refractivity contribution in [1.82, 2.24) is 4.98 Å². The summed E-state index contributed by atoms with van der Waals surface area (Å²) in [5, 5.41) is 2.87. The summed E-state index contributed by atoms with van der Waals surface area (Å²) >= 11 is 3.38. The van der Waals surface area contributed by atoms with Gasteiger partial charge in [0.1, 0.15) is 5.82 Å². The number of nitrogens with two attached hydrogens (primary N) is 1. The molecule has 5 heteroatoms. The van der Waals surface area contributed by atoms with Gasteiger partial charge in [-0.3, -0.25) is 4.79 Å². The van der Waals surface area contributed by atoms with Crippen LogP contribution in [0.15, 0.2) is 34.8 Å². The van der Waals surface area contributed by atoms with Gasteiger partial charge in [-0.15, -0.1) is 0 Å². The molecular formula is C14H14BrN3O. The molecule has 0 bridgehead atoms. The van der Waals surface area contributed by atoms with Crippen molar-refractivity contribution in [3.05, 3.63) is 51.6 Å². The molecule has 0 radical (unpaired) electrons. The zero-order chi connectivity index (χ0) is 14.0. The summed E-state index contributed by atoms with van der Waals surface area (Å²) in [6.07, 6.45) is 0. The van der Waals surface area contributed by atoms with E-state index in [2.05, 4.69) is 26.2 Å². The Morgan fingerprint density at radius 3 is 2.68 bits per heavy atom. The van der Waals surface area contributed by atoms with Gasteiger partial charge in [-0.2, -0.15) is 0 Å². The number of nitrogen functional groups attached to an aromatic ring is 1. The molecule has 1 aromatic carbocycles. The minimum Gasteiger partial charge on any atom is -0.384 e. The number of carbonyl (C=O) groups is 1. The maximum atomic E-state index is 12.2. The predicted octanol–water partition coefficient (Wildman–Crippen LogP) is 3.30. The highest BCUT2D eigenvalue weighted by Gasteiger charge is 2.09. The standard InChI is InChI=1S/C14H14BrN3O/c1-8-3-4-11(15)7-12(8)18-14(19)10-5-9(2)17-13(16)6-10/h3-7H,1-2H3,(H2,16,17)(H,18,19). The number of hydrogen-bond donors (Lipinski definition) is 2. The van der Waals surface area contributed by atoms with E-state index in [0.717, 1.165) is 21.4 Å². The lowest BCUT2D eigenvalue weighted by atomic mass is 10.1. The largest absolute Gasteiger partial charge is 0.384 e. The number of aromatic nitrogens is 1. The fourth-order valence-electron chi connectivity index (χ4n) is 1.75. The van der Waals surface area contributed by atoms with Crippen molar-refractivity contribution in [2.24, 2.45) is 0 Å². The molecule has 0 saturated heterocycles. The molecule has 0 aliphatic heterocycles. The average Bonchev–Trinajstić information content (AvgIpc) is 2.32. The first-order valence-corrected chi connectivity index (χ1v) is 6.56. The van der Waals surface area contributed by atoms with Crippen LogP contribution >= 0.6 is 15.9 Å². The first-order chi connectivity index (χ1) is 8.95. The quantitative estimate of drug-likeness (QED) is 0.892. The molecule has 0 aliphatic rings. The van der Waals surface area contributed by atoms with Crippen LogP contribution in [-0.4, -0.2) is 10.9 Å². The lowest BCUT2D eigenvalue weighted by Gasteiger charge is -2.09. The molecule has 0 saturated carbocycles. The maximum absolute atomic E-state index is 12.2. The molecule has 1 amide bonds. The Morgan fingerprint density at radius 1 is 1.26 bits per heavy atom. The summed E-state index contributed by atoms with van der Waals surface area (Å²) in [5.74, 6) is 0.148. The van der Waals surface area contributed by atoms with Crippen molar-refractivity contribution >= 4 is 33.3 Å². The molecular weight excluding hydrogens is 306 g/mol. The van der Waals surface area contributed by atoms with Crippen LogP contribution in [-0.2, 0) is 0 Å². The number of anilines is 2. The third kappa shape index (κ3) is 3.32. The van der Waals surface area contributed by atoms with Crippen molar-refractivity contribution in [1.29, 1.82) is 0 Å². The topological polar surface area (TPSA) is 68.0 Å². The maximum Gasteiger partial charge on any atom is 0.255 e. The average molecular weight is 320 g/mol. The number of carbonyl (C=O) groups excluding carboxylic acids is 1. The Balaban J connectivity index is 2.28. The molecule has 98 valence electrons. The van der Waals surface area contributed by atoms with Gasteiger partial charge in [-0.25, -0.2) is 4.98 Å². The molecule has 0 atom stereocenters. The van der Waals surface area contributed by atoms with Crippen LogP contribution < -0.4 is 11.1 Å². The van der Waals surface area contributed by atoms with Crippen molar-refractivity contribution in [2.45, 2.75) is 13.8 Å². The summed E-state index contributed by atoms with van der Waals surface area (Å²) in [6.45, 7) is 3.74. The van der Waals surface area contributed by atoms with E-state index in [-0.39, 0.29) is 5.91 Å². The molecule has 19 heavy (non-hydrogen) atoms. The van der Waals surface area contributed by atoms with E-state index >= 15 is 0 Å². The van der Waals surface area contributed by atoms with E-state index in [4.69, 9.17) is 5.73 Å². The van der Waals surface area contributed by atoms with E-state index in [1.807, 2.05) is 25.1 Å². The molecule has 1 heterocycles. The lowest BCUT2D eigenvalue weighted by Crippen LogP contribution is -2.14. The predicted molar refractivity (Wildman–Crippen MR) is 80.2 cm³/mol. The van der Waals surface area contributed by atoms with Gasteiger partial charge in [0.2, 0.25) is 0 Å². The van der Waals surface area contributed by atoms with Gasteiger partial charge in [-0.1, -0.05) is 22.0 Å². The van der Waals surface area contributed by atoms with Gasteiger partial charge >= 0.3 is 0 Å². The third-order valence-corrected chi connectivity index (χ3v) is 3.18. The molecule has 2 rings (SSSR count). The second-order valence-corrected chi connectivity index (χ2v) is 5.25. The van der Waals surface area contributed by atoms with Crippen molar-refractivity contribution in [3.8, 4) is 0 Å². The number of nitrogens with zero attached hydrogens (tertiary/aromatic N) is 1. The molecule has 1 aromatic heterocycles. The summed E-state index contributed by atoms with van der Waals surface area (Å²) < 4.78 is 0.916. The molecule has 0 spiro atoms. The number of pyridine rings is 1. The molecule has 3 N–H and O–H groups in total. The molecule has 0 unspecified atom stereocenters. The van der Waals surface area contributed by atoms with Gasteiger partial charge in [-0.05, 0) is 43.7 Å². The number of aryl methyl sites for hydroxylation is 2. The van der Waals surface area contributed by atoms with Crippen LogP contribution in [0.5, 0.6) is 0 Å². The number of amides is 1. The number of benzene rings is 1. The van der Waals surface area contributed by atoms with Crippen molar-refractivity contribution in [3.63, 3.8) is 0 Å².